The summed E-state index contributed by atoms with van der Waals surface area (Å²) in [7, 11) is 1.34. The van der Waals surface area contributed by atoms with Crippen molar-refractivity contribution in [1.82, 2.24) is 20.2 Å². The van der Waals surface area contributed by atoms with Gasteiger partial charge in [0.25, 0.3) is 0 Å². The molecule has 1 aromatic carbocycles. The van der Waals surface area contributed by atoms with E-state index in [2.05, 4.69) is 15.5 Å². The fourth-order valence-electron chi connectivity index (χ4n) is 2.06. The van der Waals surface area contributed by atoms with Crippen molar-refractivity contribution in [3.8, 4) is 5.69 Å². The molecular weight excluding hydrogens is 316 g/mol. The first kappa shape index (κ1) is 15.3. The average Bonchev–Trinajstić information content (AvgIpc) is 3.19. The number of benzene rings is 1. The molecule has 0 N–H and O–H groups in total. The summed E-state index contributed by atoms with van der Waals surface area (Å²) in [6.07, 6.45) is 0. The maximum Gasteiger partial charge on any atom is 0.341 e. The van der Waals surface area contributed by atoms with Crippen molar-refractivity contribution in [2.75, 3.05) is 7.11 Å². The minimum Gasteiger partial charge on any atom is -0.465 e. The Morgan fingerprint density at radius 3 is 2.87 bits per heavy atom. The minimum atomic E-state index is -0.406. The van der Waals surface area contributed by atoms with Crippen molar-refractivity contribution >= 4 is 17.7 Å². The topological polar surface area (TPSA) is 83.0 Å². The van der Waals surface area contributed by atoms with Gasteiger partial charge in [-0.05, 0) is 35.5 Å². The zero-order valence-corrected chi connectivity index (χ0v) is 13.4. The Bertz CT molecular complexity index is 813. The van der Waals surface area contributed by atoms with Gasteiger partial charge in [0.2, 0.25) is 5.16 Å². The molecule has 0 amide bonds. The zero-order chi connectivity index (χ0) is 16.2. The number of rotatable bonds is 5. The second-order valence-electron chi connectivity index (χ2n) is 4.67. The number of thioether (sulfide) groups is 1. The largest absolute Gasteiger partial charge is 0.465 e. The van der Waals surface area contributed by atoms with E-state index >= 15 is 0 Å². The average molecular weight is 330 g/mol. The van der Waals surface area contributed by atoms with Crippen LogP contribution in [-0.4, -0.2) is 33.3 Å². The first-order chi connectivity index (χ1) is 11.2. The number of aryl methyl sites for hydroxylation is 1. The molecule has 0 aliphatic carbocycles. The lowest BCUT2D eigenvalue weighted by Crippen LogP contribution is -2.00. The number of tetrazole rings is 1. The number of nitrogens with zero attached hydrogens (tertiary/aromatic N) is 4. The fraction of sp³-hybridized carbons (Fsp3) is 0.200. The molecule has 0 saturated heterocycles. The van der Waals surface area contributed by atoms with Crippen LogP contribution in [0.1, 0.15) is 21.9 Å². The molecule has 2 aromatic heterocycles. The lowest BCUT2D eigenvalue weighted by molar-refractivity contribution is 0.0599. The highest BCUT2D eigenvalue weighted by Crippen LogP contribution is 2.25. The highest BCUT2D eigenvalue weighted by molar-refractivity contribution is 7.98. The lowest BCUT2D eigenvalue weighted by atomic mass is 10.2. The fourth-order valence-corrected chi connectivity index (χ4v) is 2.84. The van der Waals surface area contributed by atoms with E-state index in [9.17, 15) is 4.79 Å². The molecule has 0 aliphatic rings. The highest BCUT2D eigenvalue weighted by Gasteiger charge is 2.16. The first-order valence-electron chi connectivity index (χ1n) is 6.83. The number of carbonyl (C=O) groups excluding carboxylic acids is 1. The smallest absolute Gasteiger partial charge is 0.341 e. The Morgan fingerprint density at radius 2 is 2.13 bits per heavy atom. The van der Waals surface area contributed by atoms with Crippen LogP contribution in [0.15, 0.2) is 46.0 Å². The van der Waals surface area contributed by atoms with E-state index in [1.165, 1.54) is 18.9 Å². The third kappa shape index (κ3) is 3.26. The standard InChI is InChI=1S/C15H14N4O3S/c1-10-13(14(20)21-2)8-12(22-10)9-23-15-16-17-18-19(15)11-6-4-3-5-7-11/h3-8H,9H2,1-2H3. The number of para-hydroxylation sites is 1. The van der Waals surface area contributed by atoms with E-state index in [1.807, 2.05) is 30.3 Å². The lowest BCUT2D eigenvalue weighted by Gasteiger charge is -2.02. The normalized spacial score (nSPS) is 10.7. The number of hydrogen-bond donors (Lipinski definition) is 0. The number of carbonyl (C=O) groups is 1. The van der Waals surface area contributed by atoms with Gasteiger partial charge in [-0.2, -0.15) is 4.68 Å². The van der Waals surface area contributed by atoms with Gasteiger partial charge in [-0.3, -0.25) is 0 Å². The molecule has 0 saturated carbocycles. The molecule has 2 heterocycles. The van der Waals surface area contributed by atoms with Crippen molar-refractivity contribution < 1.29 is 13.9 Å². The third-order valence-corrected chi connectivity index (χ3v) is 4.10. The molecule has 23 heavy (non-hydrogen) atoms. The Balaban J connectivity index is 1.75. The van der Waals surface area contributed by atoms with E-state index in [-0.39, 0.29) is 0 Å². The number of ether oxygens (including phenoxy) is 1. The van der Waals surface area contributed by atoms with Crippen molar-refractivity contribution in [2.24, 2.45) is 0 Å². The molecule has 3 aromatic rings. The van der Waals surface area contributed by atoms with E-state index in [0.29, 0.717) is 28.0 Å². The molecule has 0 aliphatic heterocycles. The summed E-state index contributed by atoms with van der Waals surface area (Å²) in [5.74, 6) is 1.30. The highest BCUT2D eigenvalue weighted by atomic mass is 32.2. The Kier molecular flexibility index (Phi) is 4.42. The SMILES string of the molecule is COC(=O)c1cc(CSc2nnnn2-c2ccccc2)oc1C. The maximum atomic E-state index is 11.6. The van der Waals surface area contributed by atoms with Gasteiger partial charge in [-0.15, -0.1) is 5.10 Å². The van der Waals surface area contributed by atoms with E-state index in [1.54, 1.807) is 17.7 Å². The predicted octanol–water partition coefficient (Wildman–Crippen LogP) is 2.64. The third-order valence-electron chi connectivity index (χ3n) is 3.16. The van der Waals surface area contributed by atoms with Crippen molar-refractivity contribution in [3.63, 3.8) is 0 Å². The zero-order valence-electron chi connectivity index (χ0n) is 12.6. The second kappa shape index (κ2) is 6.66. The molecular formula is C15H14N4O3S. The Hall–Kier alpha value is -2.61. The second-order valence-corrected chi connectivity index (χ2v) is 5.61. The van der Waals surface area contributed by atoms with Gasteiger partial charge < -0.3 is 9.15 Å². The van der Waals surface area contributed by atoms with Crippen molar-refractivity contribution in [2.45, 2.75) is 17.8 Å². The van der Waals surface area contributed by atoms with Crippen LogP contribution in [0, 0.1) is 6.92 Å². The molecule has 3 rings (SSSR count). The molecule has 8 heteroatoms. The van der Waals surface area contributed by atoms with Gasteiger partial charge in [0.05, 0.1) is 18.6 Å². The van der Waals surface area contributed by atoms with Crippen LogP contribution >= 0.6 is 11.8 Å². The summed E-state index contributed by atoms with van der Waals surface area (Å²) >= 11 is 1.42. The summed E-state index contributed by atoms with van der Waals surface area (Å²) in [5.41, 5.74) is 1.32. The van der Waals surface area contributed by atoms with Gasteiger partial charge in [0, 0.05) is 0 Å². The van der Waals surface area contributed by atoms with E-state index in [4.69, 9.17) is 9.15 Å². The summed E-state index contributed by atoms with van der Waals surface area (Å²) in [6.45, 7) is 1.73. The molecule has 118 valence electrons. The first-order valence-corrected chi connectivity index (χ1v) is 7.82. The molecule has 0 bridgehead atoms. The van der Waals surface area contributed by atoms with E-state index in [0.717, 1.165) is 5.69 Å². The molecule has 0 spiro atoms. The minimum absolute atomic E-state index is 0.406. The molecule has 0 radical (unpaired) electrons. The summed E-state index contributed by atoms with van der Waals surface area (Å²) in [5, 5.41) is 12.4. The number of furan rings is 1. The molecule has 7 nitrogen and oxygen atoms in total. The van der Waals surface area contributed by atoms with Crippen molar-refractivity contribution in [3.05, 3.63) is 53.5 Å². The van der Waals surface area contributed by atoms with Gasteiger partial charge in [-0.25, -0.2) is 4.79 Å². The number of methoxy groups -OCH3 is 1. The van der Waals surface area contributed by atoms with Gasteiger partial charge in [-0.1, -0.05) is 30.0 Å². The summed E-state index contributed by atoms with van der Waals surface area (Å²) in [4.78, 5) is 11.6. The Labute approximate surface area is 136 Å². The summed E-state index contributed by atoms with van der Waals surface area (Å²) in [6, 6.07) is 11.3. The number of esters is 1. The van der Waals surface area contributed by atoms with E-state index < -0.39 is 5.97 Å². The van der Waals surface area contributed by atoms with Crippen LogP contribution in [0.3, 0.4) is 0 Å². The van der Waals surface area contributed by atoms with Crippen LogP contribution in [0.2, 0.25) is 0 Å². The van der Waals surface area contributed by atoms with Crippen LogP contribution in [0.25, 0.3) is 5.69 Å². The predicted molar refractivity (Wildman–Crippen MR) is 83.5 cm³/mol. The number of aromatic nitrogens is 4. The van der Waals surface area contributed by atoms with Gasteiger partial charge >= 0.3 is 5.97 Å². The van der Waals surface area contributed by atoms with Gasteiger partial charge in [0.15, 0.2) is 0 Å². The van der Waals surface area contributed by atoms with Crippen LogP contribution in [0.4, 0.5) is 0 Å². The maximum absolute atomic E-state index is 11.6. The van der Waals surface area contributed by atoms with Crippen LogP contribution in [-0.2, 0) is 10.5 Å². The van der Waals surface area contributed by atoms with Crippen LogP contribution < -0.4 is 0 Å². The van der Waals surface area contributed by atoms with Crippen LogP contribution in [0.5, 0.6) is 0 Å². The Morgan fingerprint density at radius 1 is 1.35 bits per heavy atom. The number of hydrogen-bond acceptors (Lipinski definition) is 7. The molecule has 0 atom stereocenters. The summed E-state index contributed by atoms with van der Waals surface area (Å²) < 4.78 is 12.0. The molecule has 0 unspecified atom stereocenters. The van der Waals surface area contributed by atoms with Gasteiger partial charge in [0.1, 0.15) is 17.1 Å². The quantitative estimate of drug-likeness (QED) is 0.525. The monoisotopic (exact) mass is 330 g/mol. The van der Waals surface area contributed by atoms with Crippen molar-refractivity contribution in [1.29, 1.82) is 0 Å². The molecule has 0 fully saturated rings.